The molecule has 5 nitrogen and oxygen atoms in total. The third-order valence-electron chi connectivity index (χ3n) is 7.35. The van der Waals surface area contributed by atoms with Crippen molar-refractivity contribution in [2.24, 2.45) is 22.7 Å². The molecule has 1 saturated carbocycles. The first kappa shape index (κ1) is 17.9. The molecule has 1 heterocycles. The molecule has 0 aromatic heterocycles. The summed E-state index contributed by atoms with van der Waals surface area (Å²) in [5, 5.41) is 10.4. The van der Waals surface area contributed by atoms with Gasteiger partial charge in [-0.1, -0.05) is 27.7 Å². The highest BCUT2D eigenvalue weighted by molar-refractivity contribution is 6.07. The second-order valence-electron chi connectivity index (χ2n) is 9.21. The highest BCUT2D eigenvalue weighted by atomic mass is 16.5. The Morgan fingerprint density at radius 3 is 2.46 bits per heavy atom. The molecule has 142 valence electrons. The lowest BCUT2D eigenvalue weighted by Crippen LogP contribution is -2.36. The standard InChI is InChI=1S/C21H28O5/c1-10(2)13-18(25-5)16(23)15-17-14-12(19(24)26-17)11(22)6-7-20(14,3)8-9-21(13,15)4/h10-11,13,18,22H,6-9H2,1-5H3/t11-,13-,18+,20-,21+/m0/s1. The molecule has 5 heteroatoms. The molecule has 4 aliphatic rings. The number of methoxy groups -OCH3 is 1. The van der Waals surface area contributed by atoms with E-state index in [1.807, 2.05) is 0 Å². The van der Waals surface area contributed by atoms with Crippen molar-refractivity contribution >= 4 is 11.8 Å². The summed E-state index contributed by atoms with van der Waals surface area (Å²) < 4.78 is 11.3. The number of ether oxygens (including phenoxy) is 2. The number of carbonyl (C=O) groups is 2. The zero-order valence-electron chi connectivity index (χ0n) is 16.2. The van der Waals surface area contributed by atoms with Crippen LogP contribution in [0.25, 0.3) is 0 Å². The molecule has 26 heavy (non-hydrogen) atoms. The largest absolute Gasteiger partial charge is 0.422 e. The summed E-state index contributed by atoms with van der Waals surface area (Å²) in [7, 11) is 1.58. The van der Waals surface area contributed by atoms with Gasteiger partial charge in [0.1, 0.15) is 11.9 Å². The fourth-order valence-electron chi connectivity index (χ4n) is 6.10. The van der Waals surface area contributed by atoms with Gasteiger partial charge in [0.05, 0.1) is 11.7 Å². The van der Waals surface area contributed by atoms with Gasteiger partial charge < -0.3 is 14.6 Å². The van der Waals surface area contributed by atoms with Crippen LogP contribution in [-0.2, 0) is 19.1 Å². The van der Waals surface area contributed by atoms with E-state index in [1.54, 1.807) is 7.11 Å². The molecule has 5 atom stereocenters. The zero-order chi connectivity index (χ0) is 19.0. The first-order valence-electron chi connectivity index (χ1n) is 9.62. The number of ketones is 1. The van der Waals surface area contributed by atoms with Crippen LogP contribution in [0.1, 0.15) is 53.4 Å². The maximum absolute atomic E-state index is 13.3. The molecule has 0 aromatic rings. The van der Waals surface area contributed by atoms with Gasteiger partial charge in [-0.3, -0.25) is 4.79 Å². The Labute approximate surface area is 154 Å². The van der Waals surface area contributed by atoms with Gasteiger partial charge in [0, 0.05) is 29.6 Å². The SMILES string of the molecule is CO[C@H]1C(=O)C2=C3OC(=O)C4=C3[C@@](C)(CC[C@@H]4O)CC[C@]2(C)[C@H]1C(C)C. The van der Waals surface area contributed by atoms with Crippen molar-refractivity contribution in [2.75, 3.05) is 7.11 Å². The van der Waals surface area contributed by atoms with E-state index in [-0.39, 0.29) is 23.0 Å². The number of Topliss-reactive ketones (excluding diaryl/α,β-unsaturated/α-hetero) is 1. The Bertz CT molecular complexity index is 760. The number of allylic oxidation sites excluding steroid dienone is 1. The molecule has 0 amide bonds. The summed E-state index contributed by atoms with van der Waals surface area (Å²) in [6.07, 6.45) is 1.76. The van der Waals surface area contributed by atoms with Gasteiger partial charge in [0.2, 0.25) is 0 Å². The van der Waals surface area contributed by atoms with E-state index >= 15 is 0 Å². The van der Waals surface area contributed by atoms with Crippen LogP contribution >= 0.6 is 0 Å². The van der Waals surface area contributed by atoms with Crippen LogP contribution in [-0.4, -0.2) is 36.2 Å². The molecule has 0 saturated heterocycles. The summed E-state index contributed by atoms with van der Waals surface area (Å²) in [5.41, 5.74) is 1.14. The Morgan fingerprint density at radius 2 is 1.85 bits per heavy atom. The Morgan fingerprint density at radius 1 is 1.15 bits per heavy atom. The number of hydrogen-bond donors (Lipinski definition) is 1. The smallest absolute Gasteiger partial charge is 0.342 e. The van der Waals surface area contributed by atoms with Crippen LogP contribution in [0.2, 0.25) is 0 Å². The van der Waals surface area contributed by atoms with Gasteiger partial charge in [0.15, 0.2) is 5.78 Å². The molecule has 1 fully saturated rings. The average Bonchev–Trinajstić information content (AvgIpc) is 2.99. The fourth-order valence-corrected chi connectivity index (χ4v) is 6.10. The minimum atomic E-state index is -0.802. The summed E-state index contributed by atoms with van der Waals surface area (Å²) in [6.45, 7) is 8.51. The minimum Gasteiger partial charge on any atom is -0.422 e. The highest BCUT2D eigenvalue weighted by Crippen LogP contribution is 2.62. The van der Waals surface area contributed by atoms with Crippen molar-refractivity contribution in [3.05, 3.63) is 22.5 Å². The number of esters is 1. The number of carbonyl (C=O) groups excluding carboxylic acids is 2. The molecule has 0 unspecified atom stereocenters. The fraction of sp³-hybridized carbons (Fsp3) is 0.714. The lowest BCUT2D eigenvalue weighted by Gasteiger charge is -2.39. The first-order valence-corrected chi connectivity index (χ1v) is 9.62. The Balaban J connectivity index is 2.01. The topological polar surface area (TPSA) is 72.8 Å². The molecular formula is C21H28O5. The second-order valence-corrected chi connectivity index (χ2v) is 9.21. The molecule has 0 aromatic carbocycles. The first-order chi connectivity index (χ1) is 12.2. The molecule has 0 bridgehead atoms. The molecular weight excluding hydrogens is 332 g/mol. The number of aliphatic hydroxyl groups is 1. The van der Waals surface area contributed by atoms with Crippen molar-refractivity contribution in [1.29, 1.82) is 0 Å². The number of aliphatic hydroxyl groups excluding tert-OH is 1. The van der Waals surface area contributed by atoms with Gasteiger partial charge in [-0.15, -0.1) is 0 Å². The number of fused-ring (bicyclic) bond motifs is 1. The van der Waals surface area contributed by atoms with Crippen LogP contribution in [0.3, 0.4) is 0 Å². The maximum Gasteiger partial charge on any atom is 0.342 e. The van der Waals surface area contributed by atoms with Gasteiger partial charge in [-0.05, 0) is 37.0 Å². The van der Waals surface area contributed by atoms with Crippen molar-refractivity contribution < 1.29 is 24.2 Å². The van der Waals surface area contributed by atoms with E-state index in [0.717, 1.165) is 24.8 Å². The van der Waals surface area contributed by atoms with E-state index in [2.05, 4.69) is 27.7 Å². The highest BCUT2D eigenvalue weighted by Gasteiger charge is 2.62. The molecule has 1 aliphatic heterocycles. The van der Waals surface area contributed by atoms with Crippen molar-refractivity contribution in [3.63, 3.8) is 0 Å². The Hall–Kier alpha value is -1.46. The molecule has 0 radical (unpaired) electrons. The van der Waals surface area contributed by atoms with Crippen LogP contribution in [0.15, 0.2) is 22.5 Å². The third kappa shape index (κ3) is 2.04. The quantitative estimate of drug-likeness (QED) is 0.767. The van der Waals surface area contributed by atoms with Crippen molar-refractivity contribution in [2.45, 2.75) is 65.6 Å². The molecule has 0 spiro atoms. The Kier molecular flexibility index (Phi) is 3.81. The van der Waals surface area contributed by atoms with Gasteiger partial charge in [0.25, 0.3) is 0 Å². The summed E-state index contributed by atoms with van der Waals surface area (Å²) in [6, 6.07) is 0. The predicted octanol–water partition coefficient (Wildman–Crippen LogP) is 2.92. The van der Waals surface area contributed by atoms with E-state index < -0.39 is 23.6 Å². The lowest BCUT2D eigenvalue weighted by atomic mass is 9.65. The predicted molar refractivity (Wildman–Crippen MR) is 95.0 cm³/mol. The van der Waals surface area contributed by atoms with Crippen molar-refractivity contribution in [1.82, 2.24) is 0 Å². The third-order valence-corrected chi connectivity index (χ3v) is 7.35. The van der Waals surface area contributed by atoms with Crippen LogP contribution in [0.4, 0.5) is 0 Å². The summed E-state index contributed by atoms with van der Waals surface area (Å²) in [5.74, 6) is 0.187. The summed E-state index contributed by atoms with van der Waals surface area (Å²) >= 11 is 0. The minimum absolute atomic E-state index is 0.0412. The van der Waals surface area contributed by atoms with Crippen LogP contribution in [0, 0.1) is 22.7 Å². The normalized spacial score (nSPS) is 42.2. The molecule has 1 N–H and O–H groups in total. The van der Waals surface area contributed by atoms with E-state index in [4.69, 9.17) is 9.47 Å². The molecule has 3 aliphatic carbocycles. The van der Waals surface area contributed by atoms with Gasteiger partial charge in [-0.2, -0.15) is 0 Å². The maximum atomic E-state index is 13.3. The van der Waals surface area contributed by atoms with Gasteiger partial charge in [-0.25, -0.2) is 4.79 Å². The summed E-state index contributed by atoms with van der Waals surface area (Å²) in [4.78, 5) is 25.9. The number of hydrogen-bond acceptors (Lipinski definition) is 5. The van der Waals surface area contributed by atoms with E-state index in [1.165, 1.54) is 0 Å². The average molecular weight is 360 g/mol. The zero-order valence-corrected chi connectivity index (χ0v) is 16.2. The lowest BCUT2D eigenvalue weighted by molar-refractivity contribution is -0.134. The van der Waals surface area contributed by atoms with E-state index in [9.17, 15) is 14.7 Å². The second kappa shape index (κ2) is 5.52. The van der Waals surface area contributed by atoms with E-state index in [0.29, 0.717) is 23.3 Å². The molecule has 4 rings (SSSR count). The number of rotatable bonds is 2. The van der Waals surface area contributed by atoms with Gasteiger partial charge >= 0.3 is 5.97 Å². The monoisotopic (exact) mass is 360 g/mol. The van der Waals surface area contributed by atoms with Crippen molar-refractivity contribution in [3.8, 4) is 0 Å². The van der Waals surface area contributed by atoms with Crippen LogP contribution in [0.5, 0.6) is 0 Å². The van der Waals surface area contributed by atoms with Crippen LogP contribution < -0.4 is 0 Å².